The van der Waals surface area contributed by atoms with Gasteiger partial charge in [-0.2, -0.15) is 0 Å². The van der Waals surface area contributed by atoms with Crippen molar-refractivity contribution in [3.63, 3.8) is 0 Å². The van der Waals surface area contributed by atoms with Crippen molar-refractivity contribution in [2.75, 3.05) is 0 Å². The van der Waals surface area contributed by atoms with Crippen LogP contribution in [0.1, 0.15) is 29.8 Å². The van der Waals surface area contributed by atoms with Crippen molar-refractivity contribution >= 4 is 0 Å². The van der Waals surface area contributed by atoms with Gasteiger partial charge in [-0.25, -0.2) is 4.98 Å². The highest BCUT2D eigenvalue weighted by atomic mass is 16.3. The standard InChI is InChI=1S/C12H14N2O/c1-2-4-12-11(3-1)13-9-14(12)7-10-5-6-15-8-10/h5-6,8-9H,1-4,7H2. The summed E-state index contributed by atoms with van der Waals surface area (Å²) in [4.78, 5) is 4.47. The van der Waals surface area contributed by atoms with Crippen LogP contribution in [0.2, 0.25) is 0 Å². The second kappa shape index (κ2) is 3.57. The number of aryl methyl sites for hydroxylation is 1. The van der Waals surface area contributed by atoms with E-state index in [1.54, 1.807) is 12.5 Å². The van der Waals surface area contributed by atoms with Crippen LogP contribution in [0.25, 0.3) is 0 Å². The van der Waals surface area contributed by atoms with Gasteiger partial charge in [0.2, 0.25) is 0 Å². The first-order valence-corrected chi connectivity index (χ1v) is 5.47. The highest BCUT2D eigenvalue weighted by Crippen LogP contribution is 2.20. The average molecular weight is 202 g/mol. The molecule has 0 unspecified atom stereocenters. The summed E-state index contributed by atoms with van der Waals surface area (Å²) in [6, 6.07) is 2.01. The van der Waals surface area contributed by atoms with Gasteiger partial charge < -0.3 is 8.98 Å². The monoisotopic (exact) mass is 202 g/mol. The van der Waals surface area contributed by atoms with Crippen LogP contribution in [-0.4, -0.2) is 9.55 Å². The predicted octanol–water partition coefficient (Wildman–Crippen LogP) is 2.40. The number of nitrogens with zero attached hydrogens (tertiary/aromatic N) is 2. The van der Waals surface area contributed by atoms with E-state index in [-0.39, 0.29) is 0 Å². The van der Waals surface area contributed by atoms with Gasteiger partial charge in [-0.1, -0.05) is 0 Å². The quantitative estimate of drug-likeness (QED) is 0.748. The number of fused-ring (bicyclic) bond motifs is 1. The molecule has 3 nitrogen and oxygen atoms in total. The molecule has 0 radical (unpaired) electrons. The first kappa shape index (κ1) is 8.77. The van der Waals surface area contributed by atoms with E-state index in [2.05, 4.69) is 9.55 Å². The molecule has 0 saturated heterocycles. The van der Waals surface area contributed by atoms with Crippen molar-refractivity contribution in [1.29, 1.82) is 0 Å². The predicted molar refractivity (Wildman–Crippen MR) is 56.7 cm³/mol. The molecule has 2 aromatic rings. The summed E-state index contributed by atoms with van der Waals surface area (Å²) >= 11 is 0. The molecular formula is C12H14N2O. The fraction of sp³-hybridized carbons (Fsp3) is 0.417. The van der Waals surface area contributed by atoms with E-state index >= 15 is 0 Å². The molecule has 0 atom stereocenters. The summed E-state index contributed by atoms with van der Waals surface area (Å²) in [6.45, 7) is 0.888. The Kier molecular flexibility index (Phi) is 2.09. The van der Waals surface area contributed by atoms with Gasteiger partial charge in [-0.3, -0.25) is 0 Å². The van der Waals surface area contributed by atoms with Gasteiger partial charge in [0, 0.05) is 11.3 Å². The second-order valence-corrected chi connectivity index (χ2v) is 4.10. The van der Waals surface area contributed by atoms with Gasteiger partial charge in [-0.15, -0.1) is 0 Å². The molecular weight excluding hydrogens is 188 g/mol. The number of hydrogen-bond donors (Lipinski definition) is 0. The van der Waals surface area contributed by atoms with Crippen LogP contribution in [-0.2, 0) is 19.4 Å². The van der Waals surface area contributed by atoms with E-state index in [4.69, 9.17) is 4.42 Å². The fourth-order valence-electron chi connectivity index (χ4n) is 2.25. The smallest absolute Gasteiger partial charge is 0.0954 e. The van der Waals surface area contributed by atoms with Crippen molar-refractivity contribution in [3.05, 3.63) is 41.9 Å². The van der Waals surface area contributed by atoms with E-state index in [0.29, 0.717) is 0 Å². The maximum absolute atomic E-state index is 5.07. The van der Waals surface area contributed by atoms with E-state index in [9.17, 15) is 0 Å². The SMILES string of the molecule is c1cc(Cn2cnc3c2CCCC3)co1. The maximum atomic E-state index is 5.07. The van der Waals surface area contributed by atoms with Crippen LogP contribution in [0.15, 0.2) is 29.3 Å². The highest BCUT2D eigenvalue weighted by Gasteiger charge is 2.15. The third kappa shape index (κ3) is 1.58. The zero-order valence-electron chi connectivity index (χ0n) is 8.65. The van der Waals surface area contributed by atoms with Crippen LogP contribution in [0.4, 0.5) is 0 Å². The summed E-state index contributed by atoms with van der Waals surface area (Å²) < 4.78 is 7.32. The molecule has 78 valence electrons. The van der Waals surface area contributed by atoms with Crippen LogP contribution in [0.5, 0.6) is 0 Å². The van der Waals surface area contributed by atoms with Gasteiger partial charge in [0.15, 0.2) is 0 Å². The Morgan fingerprint density at radius 2 is 2.27 bits per heavy atom. The van der Waals surface area contributed by atoms with Gasteiger partial charge in [0.25, 0.3) is 0 Å². The molecule has 0 saturated carbocycles. The molecule has 2 heterocycles. The molecule has 0 spiro atoms. The van der Waals surface area contributed by atoms with Crippen LogP contribution < -0.4 is 0 Å². The van der Waals surface area contributed by atoms with Gasteiger partial charge >= 0.3 is 0 Å². The minimum Gasteiger partial charge on any atom is -0.472 e. The molecule has 1 aliphatic carbocycles. The lowest BCUT2D eigenvalue weighted by Crippen LogP contribution is -2.08. The Balaban J connectivity index is 1.89. The maximum Gasteiger partial charge on any atom is 0.0954 e. The molecule has 0 N–H and O–H groups in total. The summed E-state index contributed by atoms with van der Waals surface area (Å²) in [5.41, 5.74) is 3.92. The fourth-order valence-corrected chi connectivity index (χ4v) is 2.25. The molecule has 0 aliphatic heterocycles. The van der Waals surface area contributed by atoms with E-state index < -0.39 is 0 Å². The van der Waals surface area contributed by atoms with Crippen LogP contribution >= 0.6 is 0 Å². The van der Waals surface area contributed by atoms with Crippen LogP contribution in [0.3, 0.4) is 0 Å². The number of imidazole rings is 1. The molecule has 3 heteroatoms. The molecule has 0 fully saturated rings. The van der Waals surface area contributed by atoms with Gasteiger partial charge in [0.1, 0.15) is 0 Å². The summed E-state index contributed by atoms with van der Waals surface area (Å²) in [6.07, 6.45) is 10.4. The van der Waals surface area contributed by atoms with E-state index in [0.717, 1.165) is 13.0 Å². The number of furan rings is 1. The van der Waals surface area contributed by atoms with Crippen molar-refractivity contribution in [2.24, 2.45) is 0 Å². The largest absolute Gasteiger partial charge is 0.472 e. The first-order valence-electron chi connectivity index (χ1n) is 5.47. The number of hydrogen-bond acceptors (Lipinski definition) is 2. The summed E-state index contributed by atoms with van der Waals surface area (Å²) in [5, 5.41) is 0. The van der Waals surface area contributed by atoms with E-state index in [1.165, 1.54) is 36.2 Å². The van der Waals surface area contributed by atoms with E-state index in [1.807, 2.05) is 12.4 Å². The molecule has 3 rings (SSSR count). The Hall–Kier alpha value is -1.51. The van der Waals surface area contributed by atoms with Crippen LogP contribution in [0, 0.1) is 0 Å². The Bertz CT molecular complexity index is 442. The molecule has 2 aromatic heterocycles. The van der Waals surface area contributed by atoms with Gasteiger partial charge in [-0.05, 0) is 31.7 Å². The summed E-state index contributed by atoms with van der Waals surface area (Å²) in [7, 11) is 0. The first-order chi connectivity index (χ1) is 7.43. The van der Waals surface area contributed by atoms with Crippen molar-refractivity contribution in [3.8, 4) is 0 Å². The zero-order chi connectivity index (χ0) is 10.1. The molecule has 0 aromatic carbocycles. The van der Waals surface area contributed by atoms with Crippen molar-refractivity contribution in [2.45, 2.75) is 32.2 Å². The minimum atomic E-state index is 0.888. The minimum absolute atomic E-state index is 0.888. The van der Waals surface area contributed by atoms with Gasteiger partial charge in [0.05, 0.1) is 31.1 Å². The highest BCUT2D eigenvalue weighted by molar-refractivity contribution is 5.18. The van der Waals surface area contributed by atoms with Crippen molar-refractivity contribution < 1.29 is 4.42 Å². The Labute approximate surface area is 88.7 Å². The lowest BCUT2D eigenvalue weighted by Gasteiger charge is -2.13. The molecule has 15 heavy (non-hydrogen) atoms. The normalized spacial score (nSPS) is 15.2. The summed E-state index contributed by atoms with van der Waals surface area (Å²) in [5.74, 6) is 0. The molecule has 0 amide bonds. The number of rotatable bonds is 2. The lowest BCUT2D eigenvalue weighted by atomic mass is 10.0. The lowest BCUT2D eigenvalue weighted by molar-refractivity contribution is 0.560. The Morgan fingerprint density at radius 1 is 1.33 bits per heavy atom. The third-order valence-corrected chi connectivity index (χ3v) is 3.04. The average Bonchev–Trinajstić information content (AvgIpc) is 2.89. The van der Waals surface area contributed by atoms with Crippen molar-refractivity contribution in [1.82, 2.24) is 9.55 Å². The Morgan fingerprint density at radius 3 is 3.13 bits per heavy atom. The molecule has 1 aliphatic rings. The number of aromatic nitrogens is 2. The molecule has 0 bridgehead atoms. The third-order valence-electron chi connectivity index (χ3n) is 3.04. The zero-order valence-corrected chi connectivity index (χ0v) is 8.65. The topological polar surface area (TPSA) is 31.0 Å². The second-order valence-electron chi connectivity index (χ2n) is 4.10.